The number of carboxylic acid groups (broad SMARTS) is 1. The normalized spacial score (nSPS) is 22.8. The lowest BCUT2D eigenvalue weighted by Gasteiger charge is -2.29. The first-order valence-corrected chi connectivity index (χ1v) is 6.23. The molecule has 102 valence electrons. The van der Waals surface area contributed by atoms with E-state index < -0.39 is 23.6 Å². The number of aliphatic carboxylic acids is 1. The molecule has 19 heavy (non-hydrogen) atoms. The zero-order valence-electron chi connectivity index (χ0n) is 10.3. The quantitative estimate of drug-likeness (QED) is 0.870. The standard InChI is InChI=1S/C13H15FN2O3/c14-8-5-6-11(15-7-8)12(17)16-10-4-2-1-3-9(10)13(18)19/h5-7,9-10H,1-4H2,(H,16,17)(H,18,19). The highest BCUT2D eigenvalue weighted by molar-refractivity contribution is 5.92. The monoisotopic (exact) mass is 266 g/mol. The SMILES string of the molecule is O=C(NC1CCCCC1C(=O)O)c1ccc(F)cn1. The van der Waals surface area contributed by atoms with Crippen LogP contribution in [0, 0.1) is 11.7 Å². The van der Waals surface area contributed by atoms with E-state index in [1.807, 2.05) is 0 Å². The minimum Gasteiger partial charge on any atom is -0.481 e. The Hall–Kier alpha value is -1.98. The zero-order valence-corrected chi connectivity index (χ0v) is 10.3. The third-order valence-electron chi connectivity index (χ3n) is 3.36. The summed E-state index contributed by atoms with van der Waals surface area (Å²) in [6, 6.07) is 2.05. The summed E-state index contributed by atoms with van der Waals surface area (Å²) in [5.41, 5.74) is 0.0936. The molecule has 1 aromatic heterocycles. The number of carboxylic acids is 1. The van der Waals surface area contributed by atoms with Gasteiger partial charge in [0.2, 0.25) is 0 Å². The second-order valence-corrected chi connectivity index (χ2v) is 4.67. The average molecular weight is 266 g/mol. The Morgan fingerprint density at radius 2 is 2.05 bits per heavy atom. The van der Waals surface area contributed by atoms with Crippen LogP contribution >= 0.6 is 0 Å². The van der Waals surface area contributed by atoms with Gasteiger partial charge in [-0.05, 0) is 25.0 Å². The van der Waals surface area contributed by atoms with Crippen molar-refractivity contribution in [3.05, 3.63) is 29.8 Å². The van der Waals surface area contributed by atoms with E-state index in [-0.39, 0.29) is 11.7 Å². The molecule has 0 aliphatic heterocycles. The number of hydrogen-bond acceptors (Lipinski definition) is 3. The van der Waals surface area contributed by atoms with Crippen molar-refractivity contribution in [3.63, 3.8) is 0 Å². The van der Waals surface area contributed by atoms with Crippen LogP contribution < -0.4 is 5.32 Å². The molecular weight excluding hydrogens is 251 g/mol. The van der Waals surface area contributed by atoms with Gasteiger partial charge in [0.15, 0.2) is 0 Å². The van der Waals surface area contributed by atoms with Gasteiger partial charge in [0.05, 0.1) is 12.1 Å². The summed E-state index contributed by atoms with van der Waals surface area (Å²) in [4.78, 5) is 26.7. The highest BCUT2D eigenvalue weighted by atomic mass is 19.1. The molecule has 0 radical (unpaired) electrons. The van der Waals surface area contributed by atoms with Gasteiger partial charge in [-0.1, -0.05) is 12.8 Å². The minimum absolute atomic E-state index is 0.0936. The molecular formula is C13H15FN2O3. The predicted molar refractivity (Wildman–Crippen MR) is 65.0 cm³/mol. The summed E-state index contributed by atoms with van der Waals surface area (Å²) in [5, 5.41) is 11.8. The third-order valence-corrected chi connectivity index (χ3v) is 3.36. The van der Waals surface area contributed by atoms with E-state index in [9.17, 15) is 14.0 Å². The number of carbonyl (C=O) groups is 2. The largest absolute Gasteiger partial charge is 0.481 e. The van der Waals surface area contributed by atoms with Crippen molar-refractivity contribution < 1.29 is 19.1 Å². The van der Waals surface area contributed by atoms with Gasteiger partial charge >= 0.3 is 5.97 Å². The van der Waals surface area contributed by atoms with E-state index in [0.717, 1.165) is 25.1 Å². The van der Waals surface area contributed by atoms with E-state index in [4.69, 9.17) is 5.11 Å². The van der Waals surface area contributed by atoms with Crippen LogP contribution in [0.4, 0.5) is 4.39 Å². The van der Waals surface area contributed by atoms with Crippen LogP contribution in [0.5, 0.6) is 0 Å². The Balaban J connectivity index is 2.04. The Morgan fingerprint density at radius 1 is 1.32 bits per heavy atom. The van der Waals surface area contributed by atoms with Gasteiger partial charge < -0.3 is 10.4 Å². The van der Waals surface area contributed by atoms with Crippen molar-refractivity contribution in [2.75, 3.05) is 0 Å². The van der Waals surface area contributed by atoms with Gasteiger partial charge in [0.25, 0.3) is 5.91 Å². The Bertz CT molecular complexity index is 475. The topological polar surface area (TPSA) is 79.3 Å². The van der Waals surface area contributed by atoms with Gasteiger partial charge in [0, 0.05) is 6.04 Å². The molecule has 0 aromatic carbocycles. The molecule has 5 nitrogen and oxygen atoms in total. The maximum absolute atomic E-state index is 12.7. The summed E-state index contributed by atoms with van der Waals surface area (Å²) >= 11 is 0. The van der Waals surface area contributed by atoms with Gasteiger partial charge in [-0.2, -0.15) is 0 Å². The molecule has 1 aliphatic rings. The number of hydrogen-bond donors (Lipinski definition) is 2. The van der Waals surface area contributed by atoms with Gasteiger partial charge in [-0.15, -0.1) is 0 Å². The Morgan fingerprint density at radius 3 is 2.68 bits per heavy atom. The maximum atomic E-state index is 12.7. The fourth-order valence-electron chi connectivity index (χ4n) is 2.35. The lowest BCUT2D eigenvalue weighted by molar-refractivity contribution is -0.143. The summed E-state index contributed by atoms with van der Waals surface area (Å²) in [7, 11) is 0. The number of carbonyl (C=O) groups excluding carboxylic acids is 1. The molecule has 2 N–H and O–H groups in total. The maximum Gasteiger partial charge on any atom is 0.308 e. The van der Waals surface area contributed by atoms with Crippen LogP contribution in [-0.2, 0) is 4.79 Å². The first-order valence-electron chi connectivity index (χ1n) is 6.23. The van der Waals surface area contributed by atoms with Gasteiger partial charge in [0.1, 0.15) is 11.5 Å². The number of aromatic nitrogens is 1. The molecule has 2 unspecified atom stereocenters. The fourth-order valence-corrected chi connectivity index (χ4v) is 2.35. The van der Waals surface area contributed by atoms with Gasteiger partial charge in [-0.25, -0.2) is 9.37 Å². The highest BCUT2D eigenvalue weighted by Gasteiger charge is 2.32. The minimum atomic E-state index is -0.892. The molecule has 2 rings (SSSR count). The Labute approximate surface area is 109 Å². The van der Waals surface area contributed by atoms with Crippen LogP contribution in [0.2, 0.25) is 0 Å². The van der Waals surface area contributed by atoms with E-state index >= 15 is 0 Å². The second kappa shape index (κ2) is 5.77. The first-order chi connectivity index (χ1) is 9.08. The number of halogens is 1. The van der Waals surface area contributed by atoms with Crippen LogP contribution in [0.15, 0.2) is 18.3 Å². The van der Waals surface area contributed by atoms with Crippen LogP contribution in [0.1, 0.15) is 36.2 Å². The van der Waals surface area contributed by atoms with Crippen molar-refractivity contribution >= 4 is 11.9 Å². The number of pyridine rings is 1. The summed E-state index contributed by atoms with van der Waals surface area (Å²) in [6.45, 7) is 0. The molecule has 1 heterocycles. The molecule has 1 aliphatic carbocycles. The molecule has 0 spiro atoms. The lowest BCUT2D eigenvalue weighted by atomic mass is 9.84. The lowest BCUT2D eigenvalue weighted by Crippen LogP contribution is -2.45. The number of amides is 1. The second-order valence-electron chi connectivity index (χ2n) is 4.67. The van der Waals surface area contributed by atoms with E-state index in [1.54, 1.807) is 0 Å². The molecule has 1 fully saturated rings. The van der Waals surface area contributed by atoms with Crippen molar-refractivity contribution in [3.8, 4) is 0 Å². The van der Waals surface area contributed by atoms with E-state index in [1.165, 1.54) is 6.07 Å². The van der Waals surface area contributed by atoms with E-state index in [0.29, 0.717) is 12.8 Å². The summed E-state index contributed by atoms with van der Waals surface area (Å²) in [5.74, 6) is -2.43. The third kappa shape index (κ3) is 3.27. The zero-order chi connectivity index (χ0) is 13.8. The highest BCUT2D eigenvalue weighted by Crippen LogP contribution is 2.24. The number of rotatable bonds is 3. The van der Waals surface area contributed by atoms with Crippen LogP contribution in [-0.4, -0.2) is 28.0 Å². The number of nitrogens with zero attached hydrogens (tertiary/aromatic N) is 1. The molecule has 6 heteroatoms. The molecule has 1 aromatic rings. The van der Waals surface area contributed by atoms with Crippen molar-refractivity contribution in [1.29, 1.82) is 0 Å². The van der Waals surface area contributed by atoms with E-state index in [2.05, 4.69) is 10.3 Å². The smallest absolute Gasteiger partial charge is 0.308 e. The summed E-state index contributed by atoms with van der Waals surface area (Å²) < 4.78 is 12.7. The molecule has 0 bridgehead atoms. The molecule has 0 saturated heterocycles. The van der Waals surface area contributed by atoms with Crippen LogP contribution in [0.3, 0.4) is 0 Å². The molecule has 2 atom stereocenters. The first kappa shape index (κ1) is 13.5. The Kier molecular flexibility index (Phi) is 4.09. The fraction of sp³-hybridized carbons (Fsp3) is 0.462. The van der Waals surface area contributed by atoms with Crippen molar-refractivity contribution in [2.45, 2.75) is 31.7 Å². The molecule has 1 saturated carbocycles. The van der Waals surface area contributed by atoms with Gasteiger partial charge in [-0.3, -0.25) is 9.59 Å². The average Bonchev–Trinajstić information content (AvgIpc) is 2.39. The number of nitrogens with one attached hydrogen (secondary N) is 1. The summed E-state index contributed by atoms with van der Waals surface area (Å²) in [6.07, 6.45) is 3.93. The van der Waals surface area contributed by atoms with Crippen molar-refractivity contribution in [2.24, 2.45) is 5.92 Å². The molecule has 1 amide bonds. The predicted octanol–water partition coefficient (Wildman–Crippen LogP) is 1.59. The van der Waals surface area contributed by atoms with Crippen molar-refractivity contribution in [1.82, 2.24) is 10.3 Å². The van der Waals surface area contributed by atoms with Crippen LogP contribution in [0.25, 0.3) is 0 Å².